The molecule has 2 aliphatic heterocycles. The molecule has 1 fully saturated rings. The lowest BCUT2D eigenvalue weighted by Gasteiger charge is -2.41. The van der Waals surface area contributed by atoms with Crippen molar-refractivity contribution in [1.82, 2.24) is 5.32 Å². The van der Waals surface area contributed by atoms with Crippen LogP contribution in [0.5, 0.6) is 0 Å². The third-order valence-corrected chi connectivity index (χ3v) is 3.34. The Labute approximate surface area is 98.1 Å². The SMILES string of the molecule is O=C1Nc2cccc(F)c2C2(CCCNC2)O1. The topological polar surface area (TPSA) is 50.4 Å². The molecule has 90 valence electrons. The lowest BCUT2D eigenvalue weighted by molar-refractivity contribution is -0.00986. The van der Waals surface area contributed by atoms with E-state index in [0.717, 1.165) is 13.0 Å². The van der Waals surface area contributed by atoms with Crippen LogP contribution in [-0.4, -0.2) is 19.2 Å². The number of carbonyl (C=O) groups excluding carboxylic acids is 1. The second-order valence-corrected chi connectivity index (χ2v) is 4.45. The lowest BCUT2D eigenvalue weighted by Crippen LogP contribution is -2.50. The summed E-state index contributed by atoms with van der Waals surface area (Å²) >= 11 is 0. The maximum absolute atomic E-state index is 14.0. The number of carbonyl (C=O) groups is 1. The molecule has 1 spiro atoms. The Balaban J connectivity index is 2.15. The second-order valence-electron chi connectivity index (χ2n) is 4.45. The van der Waals surface area contributed by atoms with E-state index in [2.05, 4.69) is 10.6 Å². The van der Waals surface area contributed by atoms with Crippen LogP contribution in [0.3, 0.4) is 0 Å². The summed E-state index contributed by atoms with van der Waals surface area (Å²) in [5.41, 5.74) is 0.137. The monoisotopic (exact) mass is 236 g/mol. The molecule has 2 heterocycles. The molecule has 4 nitrogen and oxygen atoms in total. The molecule has 1 atom stereocenters. The van der Waals surface area contributed by atoms with Gasteiger partial charge in [-0.05, 0) is 31.5 Å². The van der Waals surface area contributed by atoms with E-state index >= 15 is 0 Å². The van der Waals surface area contributed by atoms with Gasteiger partial charge in [0.2, 0.25) is 0 Å². The fraction of sp³-hybridized carbons (Fsp3) is 0.417. The largest absolute Gasteiger partial charge is 0.436 e. The van der Waals surface area contributed by atoms with Gasteiger partial charge in [-0.1, -0.05) is 6.07 Å². The van der Waals surface area contributed by atoms with Crippen LogP contribution in [0, 0.1) is 5.82 Å². The summed E-state index contributed by atoms with van der Waals surface area (Å²) in [6.45, 7) is 1.34. The van der Waals surface area contributed by atoms with Crippen LogP contribution in [0.25, 0.3) is 0 Å². The van der Waals surface area contributed by atoms with E-state index in [-0.39, 0.29) is 5.82 Å². The third kappa shape index (κ3) is 1.58. The van der Waals surface area contributed by atoms with E-state index in [1.165, 1.54) is 6.07 Å². The van der Waals surface area contributed by atoms with Crippen LogP contribution in [-0.2, 0) is 10.3 Å². The molecule has 17 heavy (non-hydrogen) atoms. The molecule has 1 amide bonds. The lowest BCUT2D eigenvalue weighted by atomic mass is 9.84. The van der Waals surface area contributed by atoms with E-state index in [1.807, 2.05) is 0 Å². The molecule has 0 radical (unpaired) electrons. The summed E-state index contributed by atoms with van der Waals surface area (Å²) in [6.07, 6.45) is 1.01. The first-order chi connectivity index (χ1) is 8.21. The van der Waals surface area contributed by atoms with Gasteiger partial charge >= 0.3 is 6.09 Å². The number of rotatable bonds is 0. The van der Waals surface area contributed by atoms with Gasteiger partial charge in [0, 0.05) is 6.54 Å². The summed E-state index contributed by atoms with van der Waals surface area (Å²) in [7, 11) is 0. The Kier molecular flexibility index (Phi) is 2.29. The van der Waals surface area contributed by atoms with Crippen molar-refractivity contribution in [1.29, 1.82) is 0 Å². The minimum absolute atomic E-state index is 0.328. The molecule has 0 saturated carbocycles. The van der Waals surface area contributed by atoms with Crippen LogP contribution in [0.2, 0.25) is 0 Å². The average molecular weight is 236 g/mol. The van der Waals surface area contributed by atoms with Crippen molar-refractivity contribution in [3.05, 3.63) is 29.6 Å². The van der Waals surface area contributed by atoms with Crippen molar-refractivity contribution in [3.8, 4) is 0 Å². The summed E-state index contributed by atoms with van der Waals surface area (Å²) < 4.78 is 19.3. The summed E-state index contributed by atoms with van der Waals surface area (Å²) in [5, 5.41) is 5.71. The number of hydrogen-bond acceptors (Lipinski definition) is 3. The predicted octanol–water partition coefficient (Wildman–Crippen LogP) is 1.97. The molecular formula is C12H13FN2O2. The summed E-state index contributed by atoms with van der Waals surface area (Å²) in [6, 6.07) is 4.69. The molecule has 1 saturated heterocycles. The molecule has 1 aromatic rings. The highest BCUT2D eigenvalue weighted by Gasteiger charge is 2.44. The first-order valence-corrected chi connectivity index (χ1v) is 5.71. The van der Waals surface area contributed by atoms with Crippen LogP contribution >= 0.6 is 0 Å². The Bertz CT molecular complexity index is 470. The van der Waals surface area contributed by atoms with Gasteiger partial charge in [0.25, 0.3) is 0 Å². The number of halogens is 1. The zero-order valence-electron chi connectivity index (χ0n) is 9.25. The van der Waals surface area contributed by atoms with E-state index in [4.69, 9.17) is 4.74 Å². The molecule has 3 rings (SSSR count). The first kappa shape index (κ1) is 10.5. The number of piperidine rings is 1. The van der Waals surface area contributed by atoms with E-state index in [9.17, 15) is 9.18 Å². The molecule has 5 heteroatoms. The van der Waals surface area contributed by atoms with Crippen LogP contribution < -0.4 is 10.6 Å². The first-order valence-electron chi connectivity index (χ1n) is 5.71. The van der Waals surface area contributed by atoms with Crippen molar-refractivity contribution in [3.63, 3.8) is 0 Å². The zero-order chi connectivity index (χ0) is 11.9. The number of ether oxygens (including phenoxy) is 1. The van der Waals surface area contributed by atoms with Gasteiger partial charge in [0.05, 0.1) is 11.3 Å². The van der Waals surface area contributed by atoms with Crippen LogP contribution in [0.15, 0.2) is 18.2 Å². The van der Waals surface area contributed by atoms with Crippen molar-refractivity contribution >= 4 is 11.8 Å². The maximum atomic E-state index is 14.0. The Morgan fingerprint density at radius 2 is 2.29 bits per heavy atom. The van der Waals surface area contributed by atoms with E-state index < -0.39 is 11.7 Å². The minimum Gasteiger partial charge on any atom is -0.436 e. The fourth-order valence-electron chi connectivity index (χ4n) is 2.63. The standard InChI is InChI=1S/C12H13FN2O2/c13-8-3-1-4-9-10(8)12(17-11(16)15-9)5-2-6-14-7-12/h1,3-4,14H,2,5-7H2,(H,15,16). The van der Waals surface area contributed by atoms with Crippen molar-refractivity contribution in [2.75, 3.05) is 18.4 Å². The van der Waals surface area contributed by atoms with Crippen molar-refractivity contribution in [2.45, 2.75) is 18.4 Å². The van der Waals surface area contributed by atoms with Crippen molar-refractivity contribution in [2.24, 2.45) is 0 Å². The highest BCUT2D eigenvalue weighted by atomic mass is 19.1. The number of benzene rings is 1. The summed E-state index contributed by atoms with van der Waals surface area (Å²) in [4.78, 5) is 11.5. The van der Waals surface area contributed by atoms with Crippen LogP contribution in [0.1, 0.15) is 18.4 Å². The van der Waals surface area contributed by atoms with Gasteiger partial charge in [-0.2, -0.15) is 0 Å². The second kappa shape index (κ2) is 3.70. The van der Waals surface area contributed by atoms with Gasteiger partial charge in [-0.25, -0.2) is 9.18 Å². The molecule has 0 aromatic heterocycles. The number of anilines is 1. The van der Waals surface area contributed by atoms with E-state index in [0.29, 0.717) is 24.2 Å². The quantitative estimate of drug-likeness (QED) is 0.724. The summed E-state index contributed by atoms with van der Waals surface area (Å²) in [5.74, 6) is -0.328. The van der Waals surface area contributed by atoms with Gasteiger partial charge in [0.1, 0.15) is 5.82 Å². The smallest absolute Gasteiger partial charge is 0.412 e. The average Bonchev–Trinajstić information content (AvgIpc) is 2.29. The Morgan fingerprint density at radius 3 is 3.06 bits per heavy atom. The van der Waals surface area contributed by atoms with Gasteiger partial charge in [-0.3, -0.25) is 5.32 Å². The number of hydrogen-bond donors (Lipinski definition) is 2. The molecule has 0 aliphatic carbocycles. The molecule has 0 bridgehead atoms. The van der Waals surface area contributed by atoms with Crippen molar-refractivity contribution < 1.29 is 13.9 Å². The Morgan fingerprint density at radius 1 is 1.41 bits per heavy atom. The molecule has 2 aliphatic rings. The number of amides is 1. The number of nitrogens with one attached hydrogen (secondary N) is 2. The highest BCUT2D eigenvalue weighted by molar-refractivity contribution is 5.89. The molecule has 2 N–H and O–H groups in total. The van der Waals surface area contributed by atoms with Gasteiger partial charge in [0.15, 0.2) is 5.60 Å². The number of fused-ring (bicyclic) bond motifs is 2. The molecule has 1 aromatic carbocycles. The normalized spacial score (nSPS) is 27.2. The third-order valence-electron chi connectivity index (χ3n) is 3.34. The molecular weight excluding hydrogens is 223 g/mol. The predicted molar refractivity (Wildman–Crippen MR) is 60.3 cm³/mol. The highest BCUT2D eigenvalue weighted by Crippen LogP contribution is 2.41. The van der Waals surface area contributed by atoms with E-state index in [1.54, 1.807) is 12.1 Å². The minimum atomic E-state index is -0.846. The zero-order valence-corrected chi connectivity index (χ0v) is 9.25. The molecule has 1 unspecified atom stereocenters. The fourth-order valence-corrected chi connectivity index (χ4v) is 2.63. The van der Waals surface area contributed by atoms with Gasteiger partial charge < -0.3 is 10.1 Å². The maximum Gasteiger partial charge on any atom is 0.412 e. The Hall–Kier alpha value is -1.62. The van der Waals surface area contributed by atoms with Gasteiger partial charge in [-0.15, -0.1) is 0 Å². The van der Waals surface area contributed by atoms with Crippen LogP contribution in [0.4, 0.5) is 14.9 Å².